The molecule has 0 aromatic rings. The zero-order chi connectivity index (χ0) is 13.9. The van der Waals surface area contributed by atoms with Gasteiger partial charge >= 0.3 is 0 Å². The number of ether oxygens (including phenoxy) is 1. The first-order valence-electron chi connectivity index (χ1n) is 6.84. The fraction of sp³-hybridized carbons (Fsp3) is 0.571. The Morgan fingerprint density at radius 1 is 1.35 bits per heavy atom. The van der Waals surface area contributed by atoms with E-state index < -0.39 is 6.04 Å². The van der Waals surface area contributed by atoms with Crippen LogP contribution < -0.4 is 0 Å². The predicted molar refractivity (Wildman–Crippen MR) is 82.2 cm³/mol. The number of carbonyl (C=O) groups is 1. The van der Waals surface area contributed by atoms with Crippen LogP contribution in [0.2, 0.25) is 0 Å². The van der Waals surface area contributed by atoms with Gasteiger partial charge in [0.2, 0.25) is 0 Å². The van der Waals surface area contributed by atoms with Crippen molar-refractivity contribution in [3.05, 3.63) is 11.6 Å². The van der Waals surface area contributed by atoms with Crippen LogP contribution in [0.25, 0.3) is 0 Å². The summed E-state index contributed by atoms with van der Waals surface area (Å²) in [5, 5.41) is 0.584. The van der Waals surface area contributed by atoms with Crippen molar-refractivity contribution in [2.75, 3.05) is 19.0 Å². The van der Waals surface area contributed by atoms with Crippen LogP contribution in [0.4, 0.5) is 0 Å². The molecule has 6 heteroatoms. The number of carbonyl (C=O) groups excluding carboxylic acids is 1. The van der Waals surface area contributed by atoms with E-state index in [2.05, 4.69) is 15.0 Å². The maximum absolute atomic E-state index is 12.0. The highest BCUT2D eigenvalue weighted by Crippen LogP contribution is 2.24. The number of dihydropyridines is 1. The van der Waals surface area contributed by atoms with Crippen molar-refractivity contribution in [3.8, 4) is 0 Å². The maximum atomic E-state index is 12.0. The number of hydrogen-bond acceptors (Lipinski definition) is 5. The lowest BCUT2D eigenvalue weighted by molar-refractivity contribution is -0.117. The first-order chi connectivity index (χ1) is 9.74. The summed E-state index contributed by atoms with van der Waals surface area (Å²) in [6.45, 7) is 3.62. The SMILES string of the molecule is CC1=CC=NC2C(=O)N=C(CSC3CCOCC3)N=C12. The number of amides is 1. The molecular formula is C14H17N3O2S. The Kier molecular flexibility index (Phi) is 4.12. The van der Waals surface area contributed by atoms with Gasteiger partial charge in [-0.15, -0.1) is 0 Å². The summed E-state index contributed by atoms with van der Waals surface area (Å²) in [5.74, 6) is 1.12. The van der Waals surface area contributed by atoms with Gasteiger partial charge < -0.3 is 4.74 Å². The highest BCUT2D eigenvalue weighted by Gasteiger charge is 2.30. The minimum atomic E-state index is -0.517. The second kappa shape index (κ2) is 6.01. The molecule has 0 N–H and O–H groups in total. The van der Waals surface area contributed by atoms with Crippen molar-refractivity contribution < 1.29 is 9.53 Å². The summed E-state index contributed by atoms with van der Waals surface area (Å²) >= 11 is 1.82. The number of allylic oxidation sites excluding steroid dienone is 1. The van der Waals surface area contributed by atoms with E-state index in [0.717, 1.165) is 37.3 Å². The molecular weight excluding hydrogens is 274 g/mol. The van der Waals surface area contributed by atoms with Gasteiger partial charge in [0.05, 0.1) is 11.5 Å². The smallest absolute Gasteiger partial charge is 0.278 e. The molecule has 20 heavy (non-hydrogen) atoms. The standard InChI is InChI=1S/C14H17N3O2S/c1-9-2-5-15-13-12(9)16-11(17-14(13)18)8-20-10-3-6-19-7-4-10/h2,5,10,13H,3-4,6-8H2,1H3. The fourth-order valence-corrected chi connectivity index (χ4v) is 3.43. The Morgan fingerprint density at radius 2 is 2.15 bits per heavy atom. The average Bonchev–Trinajstić information content (AvgIpc) is 2.47. The number of hydrogen-bond donors (Lipinski definition) is 0. The molecule has 0 bridgehead atoms. The molecule has 0 aromatic heterocycles. The molecule has 0 radical (unpaired) electrons. The van der Waals surface area contributed by atoms with Gasteiger partial charge in [0.1, 0.15) is 5.84 Å². The number of rotatable bonds is 3. The number of aliphatic imine (C=N–C) groups is 3. The van der Waals surface area contributed by atoms with Crippen LogP contribution in [-0.4, -0.2) is 53.9 Å². The molecule has 0 spiro atoms. The van der Waals surface area contributed by atoms with Crippen molar-refractivity contribution in [2.45, 2.75) is 31.1 Å². The Bertz CT molecular complexity index is 531. The molecule has 3 rings (SSSR count). The van der Waals surface area contributed by atoms with Crippen molar-refractivity contribution in [2.24, 2.45) is 15.0 Å². The van der Waals surface area contributed by atoms with Gasteiger partial charge in [-0.2, -0.15) is 16.8 Å². The molecule has 1 amide bonds. The first-order valence-corrected chi connectivity index (χ1v) is 7.88. The molecule has 1 saturated heterocycles. The lowest BCUT2D eigenvalue weighted by atomic mass is 10.0. The van der Waals surface area contributed by atoms with Crippen molar-refractivity contribution in [1.82, 2.24) is 0 Å². The molecule has 1 atom stereocenters. The maximum Gasteiger partial charge on any atom is 0.278 e. The molecule has 3 aliphatic rings. The number of nitrogens with zero attached hydrogens (tertiary/aromatic N) is 3. The van der Waals surface area contributed by atoms with Gasteiger partial charge in [0, 0.05) is 24.7 Å². The monoisotopic (exact) mass is 291 g/mol. The lowest BCUT2D eigenvalue weighted by Crippen LogP contribution is -2.35. The van der Waals surface area contributed by atoms with Gasteiger partial charge in [0.25, 0.3) is 5.91 Å². The van der Waals surface area contributed by atoms with Crippen LogP contribution >= 0.6 is 11.8 Å². The van der Waals surface area contributed by atoms with Gasteiger partial charge in [-0.05, 0) is 31.4 Å². The van der Waals surface area contributed by atoms with Crippen LogP contribution in [-0.2, 0) is 9.53 Å². The predicted octanol–water partition coefficient (Wildman–Crippen LogP) is 1.68. The molecule has 3 heterocycles. The lowest BCUT2D eigenvalue weighted by Gasteiger charge is -2.23. The first kappa shape index (κ1) is 13.7. The van der Waals surface area contributed by atoms with E-state index in [1.165, 1.54) is 0 Å². The molecule has 5 nitrogen and oxygen atoms in total. The van der Waals surface area contributed by atoms with Crippen LogP contribution in [0, 0.1) is 0 Å². The van der Waals surface area contributed by atoms with E-state index in [9.17, 15) is 4.79 Å². The summed E-state index contributed by atoms with van der Waals surface area (Å²) in [5.41, 5.74) is 1.76. The molecule has 3 aliphatic heterocycles. The van der Waals surface area contributed by atoms with Crippen molar-refractivity contribution in [3.63, 3.8) is 0 Å². The molecule has 0 aliphatic carbocycles. The number of amidine groups is 1. The van der Waals surface area contributed by atoms with Crippen LogP contribution in [0.1, 0.15) is 19.8 Å². The summed E-state index contributed by atoms with van der Waals surface area (Å²) in [6, 6.07) is -0.517. The highest BCUT2D eigenvalue weighted by molar-refractivity contribution is 8.00. The summed E-state index contributed by atoms with van der Waals surface area (Å²) in [7, 11) is 0. The third kappa shape index (κ3) is 2.91. The minimum absolute atomic E-state index is 0.193. The second-order valence-electron chi connectivity index (χ2n) is 5.04. The Labute approximate surface area is 122 Å². The minimum Gasteiger partial charge on any atom is -0.381 e. The van der Waals surface area contributed by atoms with Crippen LogP contribution in [0.5, 0.6) is 0 Å². The highest BCUT2D eigenvalue weighted by atomic mass is 32.2. The number of fused-ring (bicyclic) bond motifs is 1. The summed E-state index contributed by atoms with van der Waals surface area (Å²) in [6.07, 6.45) is 5.67. The third-order valence-corrected chi connectivity index (χ3v) is 4.93. The van der Waals surface area contributed by atoms with E-state index >= 15 is 0 Å². The van der Waals surface area contributed by atoms with Crippen molar-refractivity contribution in [1.29, 1.82) is 0 Å². The topological polar surface area (TPSA) is 63.4 Å². The second-order valence-corrected chi connectivity index (χ2v) is 6.33. The number of thioether (sulfide) groups is 1. The molecule has 0 saturated carbocycles. The Morgan fingerprint density at radius 3 is 2.95 bits per heavy atom. The molecule has 106 valence electrons. The zero-order valence-electron chi connectivity index (χ0n) is 11.4. The normalized spacial score (nSPS) is 26.8. The molecule has 0 aromatic carbocycles. The van der Waals surface area contributed by atoms with Crippen LogP contribution in [0.15, 0.2) is 26.6 Å². The van der Waals surface area contributed by atoms with Gasteiger partial charge in [0.15, 0.2) is 6.04 Å². The summed E-state index contributed by atoms with van der Waals surface area (Å²) < 4.78 is 5.34. The van der Waals surface area contributed by atoms with Gasteiger partial charge in [-0.25, -0.2) is 4.99 Å². The Hall–Kier alpha value is -1.27. The van der Waals surface area contributed by atoms with E-state index in [4.69, 9.17) is 4.74 Å². The Balaban J connectivity index is 1.67. The third-order valence-electron chi connectivity index (χ3n) is 3.56. The van der Waals surface area contributed by atoms with E-state index in [-0.39, 0.29) is 5.91 Å². The van der Waals surface area contributed by atoms with E-state index in [1.54, 1.807) is 6.21 Å². The average molecular weight is 291 g/mol. The van der Waals surface area contributed by atoms with Crippen molar-refractivity contribution >= 4 is 35.4 Å². The van der Waals surface area contributed by atoms with Gasteiger partial charge in [-0.1, -0.05) is 0 Å². The van der Waals surface area contributed by atoms with E-state index in [0.29, 0.717) is 16.8 Å². The largest absolute Gasteiger partial charge is 0.381 e. The summed E-state index contributed by atoms with van der Waals surface area (Å²) in [4.78, 5) is 24.8. The molecule has 1 fully saturated rings. The van der Waals surface area contributed by atoms with Crippen LogP contribution in [0.3, 0.4) is 0 Å². The quantitative estimate of drug-likeness (QED) is 0.794. The van der Waals surface area contributed by atoms with Gasteiger partial charge in [-0.3, -0.25) is 9.79 Å². The molecule has 1 unspecified atom stereocenters. The zero-order valence-corrected chi connectivity index (χ0v) is 12.2. The fourth-order valence-electron chi connectivity index (χ4n) is 2.39. The van der Waals surface area contributed by atoms with E-state index in [1.807, 2.05) is 24.8 Å².